The number of carbonyl (C=O) groups is 2. The van der Waals surface area contributed by atoms with Crippen LogP contribution in [0.15, 0.2) is 0 Å². The van der Waals surface area contributed by atoms with Crippen molar-refractivity contribution in [3.63, 3.8) is 0 Å². The third kappa shape index (κ3) is 3.87. The highest BCUT2D eigenvalue weighted by molar-refractivity contribution is 7.53. The molecule has 2 unspecified atom stereocenters. The Kier molecular flexibility index (Phi) is 4.25. The van der Waals surface area contributed by atoms with Gasteiger partial charge in [-0.1, -0.05) is 6.92 Å². The monoisotopic (exact) mass is 226 g/mol. The number of aliphatic carboxylic acids is 2. The summed E-state index contributed by atoms with van der Waals surface area (Å²) in [5.41, 5.74) is -1.95. The number of hydrogen-bond donors (Lipinski definition) is 4. The Balaban J connectivity index is 4.64. The molecule has 0 aromatic heterocycles. The molecule has 0 saturated carbocycles. The summed E-state index contributed by atoms with van der Waals surface area (Å²) in [6.45, 7) is 1.19. The van der Waals surface area contributed by atoms with Gasteiger partial charge in [0.2, 0.25) is 0 Å². The molecule has 0 amide bonds. The molecule has 0 aromatic rings. The van der Waals surface area contributed by atoms with Crippen molar-refractivity contribution >= 4 is 19.5 Å². The van der Waals surface area contributed by atoms with E-state index in [2.05, 4.69) is 0 Å². The maximum atomic E-state index is 10.7. The summed E-state index contributed by atoms with van der Waals surface area (Å²) in [7, 11) is -4.79. The van der Waals surface area contributed by atoms with Crippen LogP contribution in [0, 0.1) is 5.92 Å². The summed E-state index contributed by atoms with van der Waals surface area (Å²) in [6.07, 6.45) is -0.588. The Hall–Kier alpha value is -0.910. The Morgan fingerprint density at radius 3 is 1.86 bits per heavy atom. The molecule has 0 aliphatic heterocycles. The number of rotatable bonds is 5. The highest BCUT2D eigenvalue weighted by Crippen LogP contribution is 2.44. The molecule has 4 N–H and O–H groups in total. The average molecular weight is 226 g/mol. The summed E-state index contributed by atoms with van der Waals surface area (Å²) >= 11 is 0. The quantitative estimate of drug-likeness (QED) is 0.474. The van der Waals surface area contributed by atoms with Crippen LogP contribution in [0.1, 0.15) is 13.3 Å². The molecule has 0 heterocycles. The van der Waals surface area contributed by atoms with Crippen LogP contribution < -0.4 is 0 Å². The van der Waals surface area contributed by atoms with Crippen LogP contribution in [0.2, 0.25) is 0 Å². The van der Waals surface area contributed by atoms with Crippen LogP contribution in [0.4, 0.5) is 0 Å². The minimum absolute atomic E-state index is 0.588. The summed E-state index contributed by atoms with van der Waals surface area (Å²) in [4.78, 5) is 38.0. The van der Waals surface area contributed by atoms with Crippen molar-refractivity contribution in [2.45, 2.75) is 19.0 Å². The molecule has 0 saturated heterocycles. The SMILES string of the molecule is CC(CC(C(=O)O)P(=O)(O)O)C(=O)O. The number of carboxylic acids is 2. The molecular formula is C6H11O7P. The molecular weight excluding hydrogens is 215 g/mol. The Morgan fingerprint density at radius 2 is 1.64 bits per heavy atom. The molecule has 82 valence electrons. The van der Waals surface area contributed by atoms with Crippen molar-refractivity contribution in [2.24, 2.45) is 5.92 Å². The van der Waals surface area contributed by atoms with E-state index >= 15 is 0 Å². The number of carboxylic acid groups (broad SMARTS) is 2. The molecule has 0 aromatic carbocycles. The highest BCUT2D eigenvalue weighted by atomic mass is 31.2. The third-order valence-corrected chi connectivity index (χ3v) is 2.93. The summed E-state index contributed by atoms with van der Waals surface area (Å²) in [5.74, 6) is -4.08. The minimum Gasteiger partial charge on any atom is -0.481 e. The van der Waals surface area contributed by atoms with E-state index in [0.29, 0.717) is 0 Å². The minimum atomic E-state index is -4.79. The van der Waals surface area contributed by atoms with Gasteiger partial charge in [-0.2, -0.15) is 0 Å². The van der Waals surface area contributed by atoms with Crippen LogP contribution in [-0.2, 0) is 14.2 Å². The van der Waals surface area contributed by atoms with Crippen LogP contribution in [0.3, 0.4) is 0 Å². The summed E-state index contributed by atoms with van der Waals surface area (Å²) < 4.78 is 10.7. The summed E-state index contributed by atoms with van der Waals surface area (Å²) in [5, 5.41) is 16.9. The van der Waals surface area contributed by atoms with E-state index in [-0.39, 0.29) is 0 Å². The van der Waals surface area contributed by atoms with Gasteiger partial charge < -0.3 is 20.0 Å². The van der Waals surface area contributed by atoms with Crippen molar-refractivity contribution in [1.82, 2.24) is 0 Å². The van der Waals surface area contributed by atoms with Gasteiger partial charge in [0.05, 0.1) is 5.92 Å². The first kappa shape index (κ1) is 13.1. The Labute approximate surface area is 79.5 Å². The van der Waals surface area contributed by atoms with Crippen LogP contribution in [0.25, 0.3) is 0 Å². The first-order chi connectivity index (χ1) is 6.16. The molecule has 0 radical (unpaired) electrons. The molecule has 0 bridgehead atoms. The van der Waals surface area contributed by atoms with E-state index in [1.54, 1.807) is 0 Å². The lowest BCUT2D eigenvalue weighted by Gasteiger charge is -2.15. The molecule has 2 atom stereocenters. The molecule has 0 rings (SSSR count). The van der Waals surface area contributed by atoms with Crippen molar-refractivity contribution in [1.29, 1.82) is 0 Å². The van der Waals surface area contributed by atoms with Crippen LogP contribution in [0.5, 0.6) is 0 Å². The van der Waals surface area contributed by atoms with E-state index in [1.807, 2.05) is 0 Å². The van der Waals surface area contributed by atoms with Gasteiger partial charge in [0.1, 0.15) is 0 Å². The molecule has 8 heteroatoms. The zero-order valence-electron chi connectivity index (χ0n) is 7.32. The van der Waals surface area contributed by atoms with Crippen LogP contribution in [-0.4, -0.2) is 37.6 Å². The van der Waals surface area contributed by atoms with Crippen molar-refractivity contribution in [3.8, 4) is 0 Å². The second kappa shape index (κ2) is 4.54. The van der Waals surface area contributed by atoms with E-state index < -0.39 is 37.5 Å². The van der Waals surface area contributed by atoms with Crippen molar-refractivity contribution < 1.29 is 34.2 Å². The lowest BCUT2D eigenvalue weighted by atomic mass is 10.1. The molecule has 0 aliphatic carbocycles. The molecule has 7 nitrogen and oxygen atoms in total. The topological polar surface area (TPSA) is 132 Å². The van der Waals surface area contributed by atoms with E-state index in [4.69, 9.17) is 20.0 Å². The average Bonchev–Trinajstić information content (AvgIpc) is 1.96. The second-order valence-electron chi connectivity index (χ2n) is 2.92. The first-order valence-corrected chi connectivity index (χ1v) is 5.35. The zero-order valence-corrected chi connectivity index (χ0v) is 8.22. The van der Waals surface area contributed by atoms with Gasteiger partial charge in [-0.15, -0.1) is 0 Å². The third-order valence-electron chi connectivity index (χ3n) is 1.69. The predicted octanol–water partition coefficient (Wildman–Crippen LogP) is -0.272. The first-order valence-electron chi connectivity index (χ1n) is 3.67. The molecule has 0 aliphatic rings. The van der Waals surface area contributed by atoms with Gasteiger partial charge in [0, 0.05) is 0 Å². The van der Waals surface area contributed by atoms with E-state index in [1.165, 1.54) is 6.92 Å². The van der Waals surface area contributed by atoms with Gasteiger partial charge >= 0.3 is 19.5 Å². The summed E-state index contributed by atoms with van der Waals surface area (Å²) in [6, 6.07) is 0. The zero-order chi connectivity index (χ0) is 11.5. The second-order valence-corrected chi connectivity index (χ2v) is 4.72. The molecule has 0 spiro atoms. The largest absolute Gasteiger partial charge is 0.481 e. The van der Waals surface area contributed by atoms with Gasteiger partial charge in [-0.25, -0.2) is 0 Å². The highest BCUT2D eigenvalue weighted by Gasteiger charge is 2.37. The van der Waals surface area contributed by atoms with Crippen LogP contribution >= 0.6 is 7.60 Å². The lowest BCUT2D eigenvalue weighted by molar-refractivity contribution is -0.142. The molecule has 14 heavy (non-hydrogen) atoms. The van der Waals surface area contributed by atoms with Gasteiger partial charge in [0.25, 0.3) is 0 Å². The fourth-order valence-electron chi connectivity index (χ4n) is 0.818. The number of hydrogen-bond acceptors (Lipinski definition) is 3. The van der Waals surface area contributed by atoms with E-state index in [0.717, 1.165) is 0 Å². The van der Waals surface area contributed by atoms with Gasteiger partial charge in [-0.3, -0.25) is 14.2 Å². The van der Waals surface area contributed by atoms with Gasteiger partial charge in [-0.05, 0) is 6.42 Å². The Bertz CT molecular complexity index is 280. The van der Waals surface area contributed by atoms with E-state index in [9.17, 15) is 14.2 Å². The maximum absolute atomic E-state index is 10.7. The fourth-order valence-corrected chi connectivity index (χ4v) is 1.70. The smallest absolute Gasteiger partial charge is 0.339 e. The fraction of sp³-hybridized carbons (Fsp3) is 0.667. The maximum Gasteiger partial charge on any atom is 0.339 e. The van der Waals surface area contributed by atoms with Crippen molar-refractivity contribution in [2.75, 3.05) is 0 Å². The van der Waals surface area contributed by atoms with Crippen molar-refractivity contribution in [3.05, 3.63) is 0 Å². The normalized spacial score (nSPS) is 15.9. The molecule has 0 fully saturated rings. The van der Waals surface area contributed by atoms with Gasteiger partial charge in [0.15, 0.2) is 5.66 Å². The Morgan fingerprint density at radius 1 is 1.21 bits per heavy atom. The predicted molar refractivity (Wildman–Crippen MR) is 44.9 cm³/mol. The lowest BCUT2D eigenvalue weighted by Crippen LogP contribution is -2.25. The standard InChI is InChI=1S/C6H11O7P/c1-3(5(7)8)2-4(6(9)10)14(11,12)13/h3-4H,2H2,1H3,(H,7,8)(H,9,10)(H2,11,12,13).